The molecule has 0 aliphatic carbocycles. The highest BCUT2D eigenvalue weighted by molar-refractivity contribution is 6.45. The monoisotopic (exact) mass is 372 g/mol. The quantitative estimate of drug-likeness (QED) is 0.509. The Labute approximate surface area is 156 Å². The van der Waals surface area contributed by atoms with Crippen LogP contribution in [0.2, 0.25) is 0 Å². The summed E-state index contributed by atoms with van der Waals surface area (Å²) in [4.78, 5) is 26.3. The lowest BCUT2D eigenvalue weighted by Gasteiger charge is -2.32. The number of hydrogen-bond acceptors (Lipinski definition) is 6. The van der Waals surface area contributed by atoms with Crippen LogP contribution in [0, 0.1) is 0 Å². The minimum atomic E-state index is -1.81. The third kappa shape index (κ3) is 3.71. The molecular weight excluding hydrogens is 351 g/mol. The van der Waals surface area contributed by atoms with Crippen LogP contribution in [0.15, 0.2) is 34.9 Å². The van der Waals surface area contributed by atoms with E-state index in [0.29, 0.717) is 18.7 Å². The number of para-hydroxylation sites is 1. The van der Waals surface area contributed by atoms with Crippen molar-refractivity contribution < 1.29 is 28.8 Å². The summed E-state index contributed by atoms with van der Waals surface area (Å²) in [5, 5.41) is 22.6. The van der Waals surface area contributed by atoms with Crippen LogP contribution in [-0.2, 0) is 20.7 Å². The van der Waals surface area contributed by atoms with Gasteiger partial charge in [0.25, 0.3) is 0 Å². The van der Waals surface area contributed by atoms with E-state index in [1.165, 1.54) is 11.2 Å². The Morgan fingerprint density at radius 2 is 1.93 bits per heavy atom. The Hall–Kier alpha value is -2.36. The summed E-state index contributed by atoms with van der Waals surface area (Å²) >= 11 is 0. The predicted molar refractivity (Wildman–Crippen MR) is 96.5 cm³/mol. The number of ether oxygens (including phenoxy) is 1. The molecule has 3 unspecified atom stereocenters. The number of likely N-dealkylation sites (tertiary alicyclic amines) is 1. The SMILES string of the molecule is O=C(NC(Cc1coc2ccccc12)B(O)O)C(=O)N1CC2CCC(C1)O2. The number of amides is 2. The maximum Gasteiger partial charge on any atom is 0.475 e. The minimum Gasteiger partial charge on any atom is -0.464 e. The highest BCUT2D eigenvalue weighted by Gasteiger charge is 2.38. The molecule has 2 aliphatic heterocycles. The van der Waals surface area contributed by atoms with Crippen LogP contribution in [0.1, 0.15) is 18.4 Å². The number of rotatable bonds is 4. The van der Waals surface area contributed by atoms with Crippen LogP contribution in [0.5, 0.6) is 0 Å². The first-order chi connectivity index (χ1) is 13.0. The topological polar surface area (TPSA) is 112 Å². The number of nitrogens with zero attached hydrogens (tertiary/aromatic N) is 1. The Morgan fingerprint density at radius 1 is 1.22 bits per heavy atom. The molecule has 3 N–H and O–H groups in total. The highest BCUT2D eigenvalue weighted by Crippen LogP contribution is 2.26. The number of carbonyl (C=O) groups excluding carboxylic acids is 2. The molecular formula is C18H21BN2O6. The summed E-state index contributed by atoms with van der Waals surface area (Å²) < 4.78 is 11.1. The van der Waals surface area contributed by atoms with E-state index in [4.69, 9.17) is 9.15 Å². The summed E-state index contributed by atoms with van der Waals surface area (Å²) in [7, 11) is -1.81. The van der Waals surface area contributed by atoms with Gasteiger partial charge in [0, 0.05) is 18.5 Å². The average Bonchev–Trinajstić information content (AvgIpc) is 3.23. The van der Waals surface area contributed by atoms with Gasteiger partial charge >= 0.3 is 18.9 Å². The van der Waals surface area contributed by atoms with Gasteiger partial charge in [-0.1, -0.05) is 18.2 Å². The second-order valence-electron chi connectivity index (χ2n) is 7.12. The van der Waals surface area contributed by atoms with Crippen LogP contribution in [0.4, 0.5) is 0 Å². The number of fused-ring (bicyclic) bond motifs is 3. The number of benzene rings is 1. The number of nitrogens with one attached hydrogen (secondary N) is 1. The molecule has 1 aromatic heterocycles. The van der Waals surface area contributed by atoms with Crippen LogP contribution in [0.3, 0.4) is 0 Å². The second-order valence-corrected chi connectivity index (χ2v) is 7.12. The molecule has 2 aromatic rings. The standard InChI is InChI=1S/C18H21BN2O6/c22-17(18(23)21-8-12-5-6-13(9-21)27-12)20-16(19(24)25)7-11-10-26-15-4-2-1-3-14(11)15/h1-4,10,12-13,16,24-25H,5-9H2,(H,20,22). The van der Waals surface area contributed by atoms with Gasteiger partial charge in [-0.2, -0.15) is 0 Å². The molecule has 0 radical (unpaired) electrons. The zero-order chi connectivity index (χ0) is 19.0. The van der Waals surface area contributed by atoms with Gasteiger partial charge in [-0.15, -0.1) is 0 Å². The van der Waals surface area contributed by atoms with Gasteiger partial charge < -0.3 is 29.4 Å². The molecule has 4 rings (SSSR count). The molecule has 2 saturated heterocycles. The summed E-state index contributed by atoms with van der Waals surface area (Å²) in [6.45, 7) is 0.781. The molecule has 8 nitrogen and oxygen atoms in total. The van der Waals surface area contributed by atoms with Crippen molar-refractivity contribution in [2.45, 2.75) is 37.4 Å². The van der Waals surface area contributed by atoms with Crippen LogP contribution in [0.25, 0.3) is 11.0 Å². The van der Waals surface area contributed by atoms with E-state index in [2.05, 4.69) is 5.32 Å². The van der Waals surface area contributed by atoms with Gasteiger partial charge in [0.2, 0.25) is 0 Å². The van der Waals surface area contributed by atoms with Gasteiger partial charge in [0.15, 0.2) is 0 Å². The van der Waals surface area contributed by atoms with Gasteiger partial charge in [-0.25, -0.2) is 0 Å². The maximum atomic E-state index is 12.5. The lowest BCUT2D eigenvalue weighted by Crippen LogP contribution is -2.55. The van der Waals surface area contributed by atoms with Crippen molar-refractivity contribution in [2.75, 3.05) is 13.1 Å². The Bertz CT molecular complexity index is 841. The maximum absolute atomic E-state index is 12.5. The van der Waals surface area contributed by atoms with Gasteiger partial charge in [0.1, 0.15) is 5.58 Å². The van der Waals surface area contributed by atoms with E-state index >= 15 is 0 Å². The molecule has 3 atom stereocenters. The van der Waals surface area contributed by atoms with Crippen molar-refractivity contribution in [3.63, 3.8) is 0 Å². The molecule has 142 valence electrons. The molecule has 2 bridgehead atoms. The fourth-order valence-corrected chi connectivity index (χ4v) is 3.81. The lowest BCUT2D eigenvalue weighted by molar-refractivity contribution is -0.151. The zero-order valence-electron chi connectivity index (χ0n) is 14.7. The summed E-state index contributed by atoms with van der Waals surface area (Å²) in [6.07, 6.45) is 3.40. The molecule has 3 heterocycles. The predicted octanol–water partition coefficient (Wildman–Crippen LogP) is -0.138. The third-order valence-electron chi connectivity index (χ3n) is 5.20. The summed E-state index contributed by atoms with van der Waals surface area (Å²) in [5.74, 6) is -2.54. The first kappa shape index (κ1) is 18.0. The highest BCUT2D eigenvalue weighted by atomic mass is 16.5. The largest absolute Gasteiger partial charge is 0.475 e. The fraction of sp³-hybridized carbons (Fsp3) is 0.444. The molecule has 0 saturated carbocycles. The number of furan rings is 1. The molecule has 0 spiro atoms. The van der Waals surface area contributed by atoms with Crippen molar-refractivity contribution in [1.29, 1.82) is 0 Å². The van der Waals surface area contributed by atoms with E-state index in [1.54, 1.807) is 6.07 Å². The average molecular weight is 372 g/mol. The third-order valence-corrected chi connectivity index (χ3v) is 5.20. The molecule has 2 aliphatic rings. The van der Waals surface area contributed by atoms with Crippen LogP contribution < -0.4 is 5.32 Å². The molecule has 9 heteroatoms. The van der Waals surface area contributed by atoms with Crippen molar-refractivity contribution in [3.8, 4) is 0 Å². The number of carbonyl (C=O) groups is 2. The van der Waals surface area contributed by atoms with E-state index in [-0.39, 0.29) is 18.6 Å². The van der Waals surface area contributed by atoms with E-state index < -0.39 is 24.9 Å². The lowest BCUT2D eigenvalue weighted by atomic mass is 9.76. The molecule has 27 heavy (non-hydrogen) atoms. The van der Waals surface area contributed by atoms with Crippen molar-refractivity contribution in [1.82, 2.24) is 10.2 Å². The Kier molecular flexibility index (Phi) is 4.90. The number of hydrogen-bond donors (Lipinski definition) is 3. The fourth-order valence-electron chi connectivity index (χ4n) is 3.81. The molecule has 1 aromatic carbocycles. The van der Waals surface area contributed by atoms with Gasteiger partial charge in [-0.3, -0.25) is 9.59 Å². The molecule has 2 fully saturated rings. The first-order valence-corrected chi connectivity index (χ1v) is 9.07. The Balaban J connectivity index is 1.43. The normalized spacial score (nSPS) is 22.7. The van der Waals surface area contributed by atoms with E-state index in [1.807, 2.05) is 18.2 Å². The summed E-state index contributed by atoms with van der Waals surface area (Å²) in [5.41, 5.74) is 1.39. The minimum absolute atomic E-state index is 0.0166. The van der Waals surface area contributed by atoms with E-state index in [9.17, 15) is 19.6 Å². The van der Waals surface area contributed by atoms with Crippen molar-refractivity contribution in [3.05, 3.63) is 36.1 Å². The number of morpholine rings is 1. The molecule has 2 amide bonds. The smallest absolute Gasteiger partial charge is 0.464 e. The second kappa shape index (κ2) is 7.34. The van der Waals surface area contributed by atoms with Gasteiger partial charge in [0.05, 0.1) is 24.4 Å². The zero-order valence-corrected chi connectivity index (χ0v) is 14.7. The van der Waals surface area contributed by atoms with E-state index in [0.717, 1.165) is 23.8 Å². The van der Waals surface area contributed by atoms with Crippen LogP contribution in [-0.4, -0.2) is 65.1 Å². The van der Waals surface area contributed by atoms with Crippen LogP contribution >= 0.6 is 0 Å². The van der Waals surface area contributed by atoms with Crippen molar-refractivity contribution in [2.24, 2.45) is 0 Å². The Morgan fingerprint density at radius 3 is 2.63 bits per heavy atom. The first-order valence-electron chi connectivity index (χ1n) is 9.07. The van der Waals surface area contributed by atoms with Crippen molar-refractivity contribution >= 4 is 29.9 Å². The van der Waals surface area contributed by atoms with Gasteiger partial charge in [-0.05, 0) is 30.9 Å². The summed E-state index contributed by atoms with van der Waals surface area (Å²) in [6, 6.07) is 7.34.